The predicted octanol–water partition coefficient (Wildman–Crippen LogP) is 1.74. The van der Waals surface area contributed by atoms with Crippen LogP contribution in [-0.2, 0) is 23.2 Å². The van der Waals surface area contributed by atoms with Gasteiger partial charge < -0.3 is 19.7 Å². The summed E-state index contributed by atoms with van der Waals surface area (Å²) in [5.41, 5.74) is 2.43. The third-order valence-corrected chi connectivity index (χ3v) is 4.81. The van der Waals surface area contributed by atoms with E-state index in [9.17, 15) is 0 Å². The first-order chi connectivity index (χ1) is 12.3. The quantitative estimate of drug-likeness (QED) is 0.736. The first-order valence-corrected chi connectivity index (χ1v) is 8.89. The molecule has 0 aromatic carbocycles. The van der Waals surface area contributed by atoms with Gasteiger partial charge in [0.1, 0.15) is 5.82 Å². The summed E-state index contributed by atoms with van der Waals surface area (Å²) >= 11 is 0. The maximum Gasteiger partial charge on any atom is 0.290 e. The smallest absolute Gasteiger partial charge is 0.290 e. The molecule has 1 aromatic heterocycles. The van der Waals surface area contributed by atoms with Gasteiger partial charge in [-0.25, -0.2) is 4.98 Å². The van der Waals surface area contributed by atoms with E-state index >= 15 is 0 Å². The van der Waals surface area contributed by atoms with Crippen LogP contribution in [0.1, 0.15) is 43.4 Å². The van der Waals surface area contributed by atoms with E-state index < -0.39 is 0 Å². The lowest BCUT2D eigenvalue weighted by atomic mass is 10.2. The first-order valence-electron chi connectivity index (χ1n) is 8.89. The van der Waals surface area contributed by atoms with Gasteiger partial charge in [0.15, 0.2) is 0 Å². The van der Waals surface area contributed by atoms with E-state index in [0.717, 1.165) is 18.8 Å². The van der Waals surface area contributed by atoms with Gasteiger partial charge in [-0.15, -0.1) is 0 Å². The van der Waals surface area contributed by atoms with Crippen molar-refractivity contribution in [1.29, 1.82) is 0 Å². The minimum absolute atomic E-state index is 0.250. The van der Waals surface area contributed by atoms with Gasteiger partial charge >= 0.3 is 0 Å². The van der Waals surface area contributed by atoms with Crippen LogP contribution in [0, 0.1) is 13.8 Å². The van der Waals surface area contributed by atoms with E-state index in [4.69, 9.17) is 19.8 Å². The van der Waals surface area contributed by atoms with Crippen LogP contribution >= 0.6 is 0 Å². The molecule has 0 aliphatic carbocycles. The lowest BCUT2D eigenvalue weighted by Crippen LogP contribution is -2.33. The fraction of sp³-hybridized carbons (Fsp3) is 0.722. The summed E-state index contributed by atoms with van der Waals surface area (Å²) < 4.78 is 2.22. The fourth-order valence-corrected chi connectivity index (χ4v) is 3.02. The van der Waals surface area contributed by atoms with Gasteiger partial charge in [0.2, 0.25) is 0 Å². The van der Waals surface area contributed by atoms with Gasteiger partial charge in [-0.05, 0) is 66.7 Å². The molecule has 1 aliphatic rings. The van der Waals surface area contributed by atoms with E-state index in [1.807, 2.05) is 0 Å². The topological polar surface area (TPSA) is 98.9 Å². The van der Waals surface area contributed by atoms with Gasteiger partial charge in [0.25, 0.3) is 12.9 Å². The Balaban J connectivity index is 0.000000918. The molecule has 1 fully saturated rings. The molecule has 8 nitrogen and oxygen atoms in total. The van der Waals surface area contributed by atoms with Crippen LogP contribution in [0.5, 0.6) is 0 Å². The van der Waals surface area contributed by atoms with Crippen LogP contribution in [0.3, 0.4) is 0 Å². The molecule has 1 aromatic rings. The second-order valence-corrected chi connectivity index (χ2v) is 6.59. The normalized spacial score (nSPS) is 14.8. The Morgan fingerprint density at radius 3 is 2.12 bits per heavy atom. The van der Waals surface area contributed by atoms with Gasteiger partial charge in [-0.2, -0.15) is 0 Å². The molecular weight excluding hydrogens is 336 g/mol. The largest absolute Gasteiger partial charge is 0.483 e. The van der Waals surface area contributed by atoms with E-state index in [0.29, 0.717) is 6.04 Å². The highest BCUT2D eigenvalue weighted by atomic mass is 16.3. The molecule has 1 atom stereocenters. The average Bonchev–Trinajstić information content (AvgIpc) is 3.20. The van der Waals surface area contributed by atoms with Gasteiger partial charge in [-0.3, -0.25) is 14.5 Å². The van der Waals surface area contributed by atoms with Crippen molar-refractivity contribution in [1.82, 2.24) is 19.4 Å². The minimum Gasteiger partial charge on any atom is -0.483 e. The second kappa shape index (κ2) is 13.3. The zero-order valence-corrected chi connectivity index (χ0v) is 16.7. The summed E-state index contributed by atoms with van der Waals surface area (Å²) in [6, 6.07) is 0.713. The maximum absolute atomic E-state index is 8.36. The van der Waals surface area contributed by atoms with Crippen LogP contribution < -0.4 is 0 Å². The van der Waals surface area contributed by atoms with Crippen molar-refractivity contribution in [2.75, 3.05) is 26.7 Å². The highest BCUT2D eigenvalue weighted by Gasteiger charge is 2.18. The highest BCUT2D eigenvalue weighted by Crippen LogP contribution is 2.15. The molecule has 1 aliphatic heterocycles. The Morgan fingerprint density at radius 2 is 1.69 bits per heavy atom. The van der Waals surface area contributed by atoms with Crippen LogP contribution in [-0.4, -0.2) is 75.2 Å². The summed E-state index contributed by atoms with van der Waals surface area (Å²) in [4.78, 5) is 26.4. The molecule has 0 radical (unpaired) electrons. The number of imidazole rings is 1. The number of carbonyl (C=O) groups is 2. The SMILES string of the molecule is Cc1nc(CN(C)CCC(C)N2CCCC2)n(C)c1C.O=CO.O=CO. The number of aryl methyl sites for hydroxylation is 1. The van der Waals surface area contributed by atoms with Crippen molar-refractivity contribution in [2.24, 2.45) is 7.05 Å². The lowest BCUT2D eigenvalue weighted by Gasteiger charge is -2.26. The van der Waals surface area contributed by atoms with Crippen molar-refractivity contribution in [3.63, 3.8) is 0 Å². The summed E-state index contributed by atoms with van der Waals surface area (Å²) in [6.45, 7) is 10.8. The minimum atomic E-state index is -0.250. The summed E-state index contributed by atoms with van der Waals surface area (Å²) in [6.07, 6.45) is 4.01. The average molecular weight is 370 g/mol. The monoisotopic (exact) mass is 370 g/mol. The number of carboxylic acid groups (broad SMARTS) is 2. The van der Waals surface area contributed by atoms with Crippen molar-refractivity contribution >= 4 is 12.9 Å². The fourth-order valence-electron chi connectivity index (χ4n) is 3.02. The molecular formula is C18H34N4O4. The Hall–Kier alpha value is -1.93. The Morgan fingerprint density at radius 1 is 1.19 bits per heavy atom. The number of likely N-dealkylation sites (tertiary alicyclic amines) is 1. The zero-order valence-electron chi connectivity index (χ0n) is 16.7. The highest BCUT2D eigenvalue weighted by molar-refractivity contribution is 5.33. The molecule has 8 heteroatoms. The number of nitrogens with zero attached hydrogens (tertiary/aromatic N) is 4. The molecule has 2 rings (SSSR count). The third-order valence-electron chi connectivity index (χ3n) is 4.81. The Labute approximate surface area is 156 Å². The van der Waals surface area contributed by atoms with Crippen LogP contribution in [0.4, 0.5) is 0 Å². The Kier molecular flexibility index (Phi) is 12.3. The number of aromatic nitrogens is 2. The van der Waals surface area contributed by atoms with Crippen LogP contribution in [0.2, 0.25) is 0 Å². The molecule has 26 heavy (non-hydrogen) atoms. The first kappa shape index (κ1) is 24.1. The van der Waals surface area contributed by atoms with Gasteiger partial charge in [0.05, 0.1) is 12.2 Å². The van der Waals surface area contributed by atoms with Crippen molar-refractivity contribution < 1.29 is 19.8 Å². The van der Waals surface area contributed by atoms with Crippen LogP contribution in [0.25, 0.3) is 0 Å². The molecule has 0 saturated carbocycles. The van der Waals surface area contributed by atoms with E-state index in [1.165, 1.54) is 43.9 Å². The summed E-state index contributed by atoms with van der Waals surface area (Å²) in [7, 11) is 4.32. The van der Waals surface area contributed by atoms with Crippen molar-refractivity contribution in [3.8, 4) is 0 Å². The van der Waals surface area contributed by atoms with E-state index in [1.54, 1.807) is 0 Å². The standard InChI is InChI=1S/C16H30N4.2CH2O2/c1-13(20-9-6-7-10-20)8-11-18(4)12-16-17-14(2)15(3)19(16)5;2*2-1-3/h13H,6-12H2,1-5H3;2*1H,(H,2,3). The van der Waals surface area contributed by atoms with Gasteiger partial charge in [0, 0.05) is 18.8 Å². The third kappa shape index (κ3) is 8.44. The Bertz CT molecular complexity index is 522. The molecule has 2 N–H and O–H groups in total. The van der Waals surface area contributed by atoms with E-state index in [2.05, 4.69) is 54.2 Å². The number of rotatable bonds is 6. The zero-order chi connectivity index (χ0) is 20.1. The molecule has 2 heterocycles. The summed E-state index contributed by atoms with van der Waals surface area (Å²) in [5, 5.41) is 13.8. The molecule has 0 amide bonds. The molecule has 1 unspecified atom stereocenters. The maximum atomic E-state index is 8.36. The predicted molar refractivity (Wildman–Crippen MR) is 101 cm³/mol. The summed E-state index contributed by atoms with van der Waals surface area (Å²) in [5.74, 6) is 1.18. The molecule has 0 spiro atoms. The van der Waals surface area contributed by atoms with Gasteiger partial charge in [-0.1, -0.05) is 0 Å². The molecule has 150 valence electrons. The van der Waals surface area contributed by atoms with E-state index in [-0.39, 0.29) is 12.9 Å². The molecule has 1 saturated heterocycles. The number of hydrogen-bond acceptors (Lipinski definition) is 5. The van der Waals surface area contributed by atoms with Crippen LogP contribution in [0.15, 0.2) is 0 Å². The number of hydrogen-bond donors (Lipinski definition) is 2. The lowest BCUT2D eigenvalue weighted by molar-refractivity contribution is -0.123. The van der Waals surface area contributed by atoms with Crippen molar-refractivity contribution in [2.45, 2.75) is 52.6 Å². The van der Waals surface area contributed by atoms with Crippen molar-refractivity contribution in [3.05, 3.63) is 17.2 Å². The molecule has 0 bridgehead atoms. The second-order valence-electron chi connectivity index (χ2n) is 6.59.